The number of nitrogens with two attached hydrogens (primary N) is 1. The van der Waals surface area contributed by atoms with Gasteiger partial charge < -0.3 is 15.4 Å². The minimum absolute atomic E-state index is 0.156. The standard InChI is InChI=1S/C16H19ClN2O/c1-11(12-5-4-6-13(17)9-12)19(2)16-10-14(20-3)7-8-15(16)18/h4-11H,18H2,1-3H3. The third-order valence-electron chi connectivity index (χ3n) is 3.53. The van der Waals surface area contributed by atoms with Gasteiger partial charge in [-0.15, -0.1) is 0 Å². The third-order valence-corrected chi connectivity index (χ3v) is 3.76. The predicted octanol–water partition coefficient (Wildman–Crippen LogP) is 4.13. The summed E-state index contributed by atoms with van der Waals surface area (Å²) in [6.07, 6.45) is 0. The molecule has 1 atom stereocenters. The Morgan fingerprint density at radius 2 is 1.95 bits per heavy atom. The van der Waals surface area contributed by atoms with Crippen molar-refractivity contribution in [3.05, 3.63) is 53.1 Å². The summed E-state index contributed by atoms with van der Waals surface area (Å²) in [6.45, 7) is 2.12. The van der Waals surface area contributed by atoms with E-state index in [2.05, 4.69) is 17.9 Å². The van der Waals surface area contributed by atoms with E-state index in [1.807, 2.05) is 43.4 Å². The fourth-order valence-electron chi connectivity index (χ4n) is 2.15. The van der Waals surface area contributed by atoms with Gasteiger partial charge in [-0.1, -0.05) is 23.7 Å². The van der Waals surface area contributed by atoms with Crippen LogP contribution in [0.3, 0.4) is 0 Å². The van der Waals surface area contributed by atoms with Crippen molar-refractivity contribution < 1.29 is 4.74 Å². The van der Waals surface area contributed by atoms with E-state index in [1.165, 1.54) is 0 Å². The zero-order valence-corrected chi connectivity index (χ0v) is 12.7. The maximum Gasteiger partial charge on any atom is 0.121 e. The number of methoxy groups -OCH3 is 1. The Morgan fingerprint density at radius 3 is 2.60 bits per heavy atom. The number of nitrogens with zero attached hydrogens (tertiary/aromatic N) is 1. The van der Waals surface area contributed by atoms with Gasteiger partial charge in [-0.05, 0) is 36.8 Å². The summed E-state index contributed by atoms with van der Waals surface area (Å²) in [4.78, 5) is 2.11. The summed E-state index contributed by atoms with van der Waals surface area (Å²) < 4.78 is 5.26. The van der Waals surface area contributed by atoms with Crippen LogP contribution in [0.2, 0.25) is 5.02 Å². The van der Waals surface area contributed by atoms with Crippen LogP contribution in [-0.4, -0.2) is 14.2 Å². The molecular weight excluding hydrogens is 272 g/mol. The molecule has 2 N–H and O–H groups in total. The van der Waals surface area contributed by atoms with Gasteiger partial charge in [-0.2, -0.15) is 0 Å². The molecule has 1 unspecified atom stereocenters. The number of nitrogen functional groups attached to an aromatic ring is 1. The maximum atomic E-state index is 6.07. The Labute approximate surface area is 124 Å². The van der Waals surface area contributed by atoms with Gasteiger partial charge in [0.05, 0.1) is 24.5 Å². The van der Waals surface area contributed by atoms with E-state index in [0.717, 1.165) is 27.7 Å². The van der Waals surface area contributed by atoms with Crippen LogP contribution >= 0.6 is 11.6 Å². The van der Waals surface area contributed by atoms with E-state index in [4.69, 9.17) is 22.1 Å². The van der Waals surface area contributed by atoms with Crippen LogP contribution in [0.1, 0.15) is 18.5 Å². The molecule has 0 spiro atoms. The Balaban J connectivity index is 2.33. The smallest absolute Gasteiger partial charge is 0.121 e. The average Bonchev–Trinajstić information content (AvgIpc) is 2.46. The molecule has 0 saturated heterocycles. The van der Waals surface area contributed by atoms with Crippen molar-refractivity contribution in [3.8, 4) is 5.75 Å². The highest BCUT2D eigenvalue weighted by atomic mass is 35.5. The van der Waals surface area contributed by atoms with Gasteiger partial charge in [0, 0.05) is 18.1 Å². The molecule has 0 aliphatic rings. The summed E-state index contributed by atoms with van der Waals surface area (Å²) in [5.41, 5.74) is 8.87. The number of hydrogen-bond acceptors (Lipinski definition) is 3. The van der Waals surface area contributed by atoms with Crippen molar-refractivity contribution in [1.82, 2.24) is 0 Å². The predicted molar refractivity (Wildman–Crippen MR) is 85.7 cm³/mol. The molecule has 20 heavy (non-hydrogen) atoms. The molecule has 0 fully saturated rings. The highest BCUT2D eigenvalue weighted by Gasteiger charge is 2.15. The van der Waals surface area contributed by atoms with Crippen molar-refractivity contribution in [2.24, 2.45) is 0 Å². The van der Waals surface area contributed by atoms with Crippen LogP contribution in [0, 0.1) is 0 Å². The van der Waals surface area contributed by atoms with E-state index in [1.54, 1.807) is 7.11 Å². The van der Waals surface area contributed by atoms with Crippen LogP contribution in [0.5, 0.6) is 5.75 Å². The second-order valence-corrected chi connectivity index (χ2v) is 5.20. The summed E-state index contributed by atoms with van der Waals surface area (Å²) in [5.74, 6) is 0.791. The normalized spacial score (nSPS) is 12.0. The first-order chi connectivity index (χ1) is 9.52. The first-order valence-electron chi connectivity index (χ1n) is 6.44. The molecule has 0 aliphatic carbocycles. The Hall–Kier alpha value is -1.87. The van der Waals surface area contributed by atoms with Crippen LogP contribution in [0.15, 0.2) is 42.5 Å². The van der Waals surface area contributed by atoms with E-state index < -0.39 is 0 Å². The number of halogens is 1. The van der Waals surface area contributed by atoms with Gasteiger partial charge >= 0.3 is 0 Å². The van der Waals surface area contributed by atoms with E-state index in [0.29, 0.717) is 0 Å². The van der Waals surface area contributed by atoms with E-state index in [9.17, 15) is 0 Å². The van der Waals surface area contributed by atoms with Crippen LogP contribution in [0.4, 0.5) is 11.4 Å². The first kappa shape index (κ1) is 14.5. The van der Waals surface area contributed by atoms with Crippen LogP contribution in [0.25, 0.3) is 0 Å². The number of benzene rings is 2. The van der Waals surface area contributed by atoms with Gasteiger partial charge in [-0.3, -0.25) is 0 Å². The van der Waals surface area contributed by atoms with E-state index in [-0.39, 0.29) is 6.04 Å². The molecule has 0 radical (unpaired) electrons. The molecule has 2 rings (SSSR count). The fourth-order valence-corrected chi connectivity index (χ4v) is 2.35. The topological polar surface area (TPSA) is 38.5 Å². The Kier molecular flexibility index (Phi) is 4.40. The first-order valence-corrected chi connectivity index (χ1v) is 6.82. The minimum atomic E-state index is 0.156. The molecule has 0 aliphatic heterocycles. The lowest BCUT2D eigenvalue weighted by Crippen LogP contribution is -2.22. The van der Waals surface area contributed by atoms with Gasteiger partial charge in [-0.25, -0.2) is 0 Å². The zero-order chi connectivity index (χ0) is 14.7. The second kappa shape index (κ2) is 6.06. The molecule has 0 amide bonds. The third kappa shape index (κ3) is 2.99. The molecule has 4 heteroatoms. The van der Waals surface area contributed by atoms with Gasteiger partial charge in [0.1, 0.15) is 5.75 Å². The molecule has 0 saturated carbocycles. The monoisotopic (exact) mass is 290 g/mol. The van der Waals surface area contributed by atoms with Gasteiger partial charge in [0.2, 0.25) is 0 Å². The van der Waals surface area contributed by atoms with Crippen molar-refractivity contribution in [2.45, 2.75) is 13.0 Å². The van der Waals surface area contributed by atoms with Gasteiger partial charge in [0.25, 0.3) is 0 Å². The molecular formula is C16H19ClN2O. The Bertz CT molecular complexity index is 601. The van der Waals surface area contributed by atoms with Gasteiger partial charge in [0.15, 0.2) is 0 Å². The lowest BCUT2D eigenvalue weighted by molar-refractivity contribution is 0.415. The van der Waals surface area contributed by atoms with Crippen molar-refractivity contribution in [1.29, 1.82) is 0 Å². The number of hydrogen-bond donors (Lipinski definition) is 1. The molecule has 106 valence electrons. The van der Waals surface area contributed by atoms with Crippen molar-refractivity contribution in [3.63, 3.8) is 0 Å². The largest absolute Gasteiger partial charge is 0.497 e. The second-order valence-electron chi connectivity index (χ2n) is 4.77. The SMILES string of the molecule is COc1ccc(N)c(N(C)C(C)c2cccc(Cl)c2)c1. The van der Waals surface area contributed by atoms with Crippen molar-refractivity contribution >= 4 is 23.0 Å². The average molecular weight is 291 g/mol. The molecule has 2 aromatic carbocycles. The summed E-state index contributed by atoms with van der Waals surface area (Å²) in [6, 6.07) is 13.7. The Morgan fingerprint density at radius 1 is 1.20 bits per heavy atom. The zero-order valence-electron chi connectivity index (χ0n) is 11.9. The van der Waals surface area contributed by atoms with Crippen molar-refractivity contribution in [2.75, 3.05) is 24.8 Å². The molecule has 0 heterocycles. The fraction of sp³-hybridized carbons (Fsp3) is 0.250. The number of anilines is 2. The number of rotatable bonds is 4. The minimum Gasteiger partial charge on any atom is -0.497 e. The quantitative estimate of drug-likeness (QED) is 0.861. The highest BCUT2D eigenvalue weighted by Crippen LogP contribution is 2.33. The van der Waals surface area contributed by atoms with Crippen LogP contribution in [-0.2, 0) is 0 Å². The summed E-state index contributed by atoms with van der Waals surface area (Å²) >= 11 is 6.06. The lowest BCUT2D eigenvalue weighted by Gasteiger charge is -2.29. The molecule has 3 nitrogen and oxygen atoms in total. The maximum absolute atomic E-state index is 6.07. The molecule has 0 bridgehead atoms. The highest BCUT2D eigenvalue weighted by molar-refractivity contribution is 6.30. The summed E-state index contributed by atoms with van der Waals surface area (Å²) in [5, 5.41) is 0.737. The molecule has 0 aromatic heterocycles. The summed E-state index contributed by atoms with van der Waals surface area (Å²) in [7, 11) is 3.66. The lowest BCUT2D eigenvalue weighted by atomic mass is 10.1. The molecule has 2 aromatic rings. The van der Waals surface area contributed by atoms with E-state index >= 15 is 0 Å². The number of ether oxygens (including phenoxy) is 1. The van der Waals surface area contributed by atoms with Crippen LogP contribution < -0.4 is 15.4 Å².